The Morgan fingerprint density at radius 2 is 1.76 bits per heavy atom. The summed E-state index contributed by atoms with van der Waals surface area (Å²) in [7, 11) is 0. The molecule has 3 aromatic rings. The van der Waals surface area contributed by atoms with E-state index in [-0.39, 0.29) is 5.69 Å². The second-order valence-electron chi connectivity index (χ2n) is 4.33. The number of benzene rings is 2. The molecular weight excluding hydrogens is 270 g/mol. The van der Waals surface area contributed by atoms with E-state index < -0.39 is 4.92 Å². The maximum absolute atomic E-state index is 10.6. The van der Waals surface area contributed by atoms with Crippen LogP contribution < -0.4 is 5.32 Å². The van der Waals surface area contributed by atoms with E-state index >= 15 is 0 Å². The first-order valence-electron chi connectivity index (χ1n) is 6.25. The Labute approximate surface area is 120 Å². The molecule has 3 rings (SSSR count). The lowest BCUT2D eigenvalue weighted by molar-refractivity contribution is -0.384. The zero-order chi connectivity index (χ0) is 14.7. The molecule has 6 nitrogen and oxygen atoms in total. The summed E-state index contributed by atoms with van der Waals surface area (Å²) in [4.78, 5) is 14.5. The van der Waals surface area contributed by atoms with Gasteiger partial charge in [0.25, 0.3) is 11.7 Å². The van der Waals surface area contributed by atoms with Gasteiger partial charge in [-0.25, -0.2) is 0 Å². The van der Waals surface area contributed by atoms with Gasteiger partial charge in [0, 0.05) is 23.4 Å². The smallest absolute Gasteiger partial charge is 0.299 e. The molecule has 0 aliphatic heterocycles. The van der Waals surface area contributed by atoms with Gasteiger partial charge in [0.15, 0.2) is 0 Å². The van der Waals surface area contributed by atoms with Crippen LogP contribution in [0.5, 0.6) is 0 Å². The summed E-state index contributed by atoms with van der Waals surface area (Å²) >= 11 is 0. The highest BCUT2D eigenvalue weighted by Crippen LogP contribution is 2.24. The summed E-state index contributed by atoms with van der Waals surface area (Å²) in [5.74, 6) is 0. The van der Waals surface area contributed by atoms with Crippen LogP contribution in [0.1, 0.15) is 0 Å². The highest BCUT2D eigenvalue weighted by atomic mass is 16.6. The maximum Gasteiger partial charge on any atom is 0.299 e. The van der Waals surface area contributed by atoms with E-state index in [1.165, 1.54) is 18.4 Å². The molecular formula is C15H11N3O3. The maximum atomic E-state index is 10.6. The number of non-ortho nitro benzene ring substituents is 1. The fraction of sp³-hybridized carbons (Fsp3) is 0. The van der Waals surface area contributed by atoms with Crippen molar-refractivity contribution in [2.45, 2.75) is 0 Å². The Morgan fingerprint density at radius 3 is 2.43 bits per heavy atom. The van der Waals surface area contributed by atoms with Crippen LogP contribution in [0, 0.1) is 10.1 Å². The number of nitro benzene ring substituents is 1. The van der Waals surface area contributed by atoms with Gasteiger partial charge in [0.05, 0.1) is 4.92 Å². The van der Waals surface area contributed by atoms with Crippen LogP contribution in [0.25, 0.3) is 11.3 Å². The van der Waals surface area contributed by atoms with Crippen molar-refractivity contribution in [2.75, 3.05) is 5.32 Å². The molecule has 0 bridgehead atoms. The van der Waals surface area contributed by atoms with Crippen molar-refractivity contribution in [2.24, 2.45) is 0 Å². The molecule has 1 N–H and O–H groups in total. The lowest BCUT2D eigenvalue weighted by Crippen LogP contribution is -1.90. The molecule has 2 aromatic carbocycles. The number of hydrogen-bond acceptors (Lipinski definition) is 5. The molecule has 0 unspecified atom stereocenters. The van der Waals surface area contributed by atoms with Crippen molar-refractivity contribution in [3.63, 3.8) is 0 Å². The van der Waals surface area contributed by atoms with Crippen LogP contribution in [0.3, 0.4) is 0 Å². The predicted molar refractivity (Wildman–Crippen MR) is 78.3 cm³/mol. The second kappa shape index (κ2) is 5.46. The first kappa shape index (κ1) is 12.9. The van der Waals surface area contributed by atoms with Gasteiger partial charge < -0.3 is 9.73 Å². The van der Waals surface area contributed by atoms with Gasteiger partial charge in [0.1, 0.15) is 12.0 Å². The topological polar surface area (TPSA) is 81.2 Å². The van der Waals surface area contributed by atoms with Gasteiger partial charge in [0.2, 0.25) is 0 Å². The van der Waals surface area contributed by atoms with E-state index in [1.54, 1.807) is 12.1 Å². The van der Waals surface area contributed by atoms with Crippen LogP contribution >= 0.6 is 0 Å². The van der Waals surface area contributed by atoms with Gasteiger partial charge in [-0.15, -0.1) is 0 Å². The third-order valence-electron chi connectivity index (χ3n) is 2.90. The summed E-state index contributed by atoms with van der Waals surface area (Å²) in [5.41, 5.74) is 2.29. The number of nitrogens with zero attached hydrogens (tertiary/aromatic N) is 2. The van der Waals surface area contributed by atoms with E-state index in [0.29, 0.717) is 11.7 Å². The molecule has 0 amide bonds. The second-order valence-corrected chi connectivity index (χ2v) is 4.33. The summed E-state index contributed by atoms with van der Waals surface area (Å²) in [5, 5.41) is 13.7. The molecule has 0 radical (unpaired) electrons. The Morgan fingerprint density at radius 1 is 1.05 bits per heavy atom. The quantitative estimate of drug-likeness (QED) is 0.577. The fourth-order valence-corrected chi connectivity index (χ4v) is 1.86. The van der Waals surface area contributed by atoms with E-state index in [4.69, 9.17) is 4.42 Å². The molecule has 1 aromatic heterocycles. The molecule has 21 heavy (non-hydrogen) atoms. The SMILES string of the molecule is O=[N+]([O-])c1ccc(-c2coc(Nc3ccccc3)n2)cc1. The van der Waals surface area contributed by atoms with E-state index in [1.807, 2.05) is 30.3 Å². The summed E-state index contributed by atoms with van der Waals surface area (Å²) in [6, 6.07) is 16.1. The van der Waals surface area contributed by atoms with Gasteiger partial charge in [-0.05, 0) is 24.3 Å². The number of oxazole rings is 1. The van der Waals surface area contributed by atoms with E-state index in [9.17, 15) is 10.1 Å². The van der Waals surface area contributed by atoms with Gasteiger partial charge in [-0.2, -0.15) is 4.98 Å². The van der Waals surface area contributed by atoms with Crippen LogP contribution in [0.2, 0.25) is 0 Å². The average Bonchev–Trinajstić information content (AvgIpc) is 2.97. The van der Waals surface area contributed by atoms with Crippen LogP contribution in [0.15, 0.2) is 65.3 Å². The molecule has 0 saturated heterocycles. The molecule has 104 valence electrons. The van der Waals surface area contributed by atoms with Crippen molar-refractivity contribution in [1.29, 1.82) is 0 Å². The highest BCUT2D eigenvalue weighted by Gasteiger charge is 2.09. The number of rotatable bonds is 4. The minimum absolute atomic E-state index is 0.0462. The van der Waals surface area contributed by atoms with Crippen LogP contribution in [0.4, 0.5) is 17.4 Å². The third-order valence-corrected chi connectivity index (χ3v) is 2.90. The number of nitro groups is 1. The van der Waals surface area contributed by atoms with Crippen molar-refractivity contribution >= 4 is 17.4 Å². The van der Waals surface area contributed by atoms with Gasteiger partial charge in [-0.3, -0.25) is 10.1 Å². The van der Waals surface area contributed by atoms with E-state index in [0.717, 1.165) is 11.3 Å². The van der Waals surface area contributed by atoms with Crippen LogP contribution in [-0.4, -0.2) is 9.91 Å². The molecule has 1 heterocycles. The van der Waals surface area contributed by atoms with Gasteiger partial charge in [-0.1, -0.05) is 18.2 Å². The van der Waals surface area contributed by atoms with Crippen molar-refractivity contribution < 1.29 is 9.34 Å². The highest BCUT2D eigenvalue weighted by molar-refractivity contribution is 5.62. The molecule has 0 atom stereocenters. The van der Waals surface area contributed by atoms with E-state index in [2.05, 4.69) is 10.3 Å². The van der Waals surface area contributed by atoms with Crippen molar-refractivity contribution in [3.8, 4) is 11.3 Å². The molecule has 6 heteroatoms. The van der Waals surface area contributed by atoms with Gasteiger partial charge >= 0.3 is 0 Å². The lowest BCUT2D eigenvalue weighted by Gasteiger charge is -1.99. The number of anilines is 2. The summed E-state index contributed by atoms with van der Waals surface area (Å²) < 4.78 is 5.34. The number of hydrogen-bond donors (Lipinski definition) is 1. The van der Waals surface area contributed by atoms with Crippen LogP contribution in [-0.2, 0) is 0 Å². The third kappa shape index (κ3) is 2.89. The lowest BCUT2D eigenvalue weighted by atomic mass is 10.1. The zero-order valence-electron chi connectivity index (χ0n) is 10.9. The summed E-state index contributed by atoms with van der Waals surface area (Å²) in [6.45, 7) is 0. The Kier molecular flexibility index (Phi) is 3.34. The fourth-order valence-electron chi connectivity index (χ4n) is 1.86. The monoisotopic (exact) mass is 281 g/mol. The van der Waals surface area contributed by atoms with Crippen molar-refractivity contribution in [3.05, 3.63) is 71.0 Å². The summed E-state index contributed by atoms with van der Waals surface area (Å²) in [6.07, 6.45) is 1.51. The number of para-hydroxylation sites is 1. The molecule has 0 aliphatic carbocycles. The molecule has 0 fully saturated rings. The average molecular weight is 281 g/mol. The Bertz CT molecular complexity index is 751. The first-order chi connectivity index (χ1) is 10.2. The zero-order valence-corrected chi connectivity index (χ0v) is 10.9. The minimum atomic E-state index is -0.436. The first-order valence-corrected chi connectivity index (χ1v) is 6.25. The molecule has 0 saturated carbocycles. The normalized spacial score (nSPS) is 10.3. The Balaban J connectivity index is 1.80. The molecule has 0 aliphatic rings. The largest absolute Gasteiger partial charge is 0.431 e. The predicted octanol–water partition coefficient (Wildman–Crippen LogP) is 3.99. The Hall–Kier alpha value is -3.15. The molecule has 0 spiro atoms. The standard InChI is InChI=1S/C15H11N3O3/c19-18(20)13-8-6-11(7-9-13)14-10-21-15(17-14)16-12-4-2-1-3-5-12/h1-10H,(H,16,17). The minimum Gasteiger partial charge on any atom is -0.431 e. The number of aromatic nitrogens is 1. The van der Waals surface area contributed by atoms with Crippen molar-refractivity contribution in [1.82, 2.24) is 4.98 Å². The number of nitrogens with one attached hydrogen (secondary N) is 1.